The number of piperazine rings is 1. The first-order chi connectivity index (χ1) is 11.1. The number of hydrogen-bond acceptors (Lipinski definition) is 3. The van der Waals surface area contributed by atoms with Crippen molar-refractivity contribution in [2.75, 3.05) is 26.2 Å². The highest BCUT2D eigenvalue weighted by Gasteiger charge is 2.14. The van der Waals surface area contributed by atoms with Crippen molar-refractivity contribution in [1.29, 1.82) is 0 Å². The van der Waals surface area contributed by atoms with Gasteiger partial charge in [0.1, 0.15) is 0 Å². The van der Waals surface area contributed by atoms with E-state index in [0.717, 1.165) is 37.7 Å². The molecule has 0 N–H and O–H groups in total. The van der Waals surface area contributed by atoms with Crippen molar-refractivity contribution in [3.8, 4) is 0 Å². The Morgan fingerprint density at radius 3 is 2.65 bits per heavy atom. The first-order valence-electron chi connectivity index (χ1n) is 7.81. The topological polar surface area (TPSA) is 23.6 Å². The van der Waals surface area contributed by atoms with Gasteiger partial charge in [0.2, 0.25) is 0 Å². The summed E-state index contributed by atoms with van der Waals surface area (Å²) in [4.78, 5) is 16.0. The fourth-order valence-corrected chi connectivity index (χ4v) is 2.77. The largest absolute Gasteiger partial charge is 0.375 e. The maximum atomic E-state index is 11.3. The second-order valence-electron chi connectivity index (χ2n) is 5.67. The van der Waals surface area contributed by atoms with Gasteiger partial charge in [-0.3, -0.25) is 9.69 Å². The maximum absolute atomic E-state index is 11.3. The highest BCUT2D eigenvalue weighted by atomic mass is 35.5. The zero-order valence-corrected chi connectivity index (χ0v) is 14.3. The molecule has 23 heavy (non-hydrogen) atoms. The summed E-state index contributed by atoms with van der Waals surface area (Å²) in [5.41, 5.74) is 1.89. The molecule has 1 aliphatic rings. The summed E-state index contributed by atoms with van der Waals surface area (Å²) < 4.78 is 0. The molecule has 0 atom stereocenters. The molecular weight excluding hydrogens is 308 g/mol. The van der Waals surface area contributed by atoms with Crippen LogP contribution in [0.5, 0.6) is 0 Å². The van der Waals surface area contributed by atoms with Crippen LogP contribution in [0.15, 0.2) is 60.8 Å². The van der Waals surface area contributed by atoms with E-state index in [1.54, 1.807) is 13.0 Å². The van der Waals surface area contributed by atoms with Crippen LogP contribution >= 0.6 is 11.6 Å². The van der Waals surface area contributed by atoms with E-state index in [9.17, 15) is 4.79 Å². The van der Waals surface area contributed by atoms with Crippen molar-refractivity contribution in [3.05, 3.63) is 71.4 Å². The van der Waals surface area contributed by atoms with Crippen molar-refractivity contribution in [2.24, 2.45) is 0 Å². The third-order valence-corrected chi connectivity index (χ3v) is 4.14. The predicted molar refractivity (Wildman–Crippen MR) is 96.4 cm³/mol. The summed E-state index contributed by atoms with van der Waals surface area (Å²) in [5, 5.41) is 0.791. The minimum absolute atomic E-state index is 0.0380. The maximum Gasteiger partial charge on any atom is 0.159 e. The van der Waals surface area contributed by atoms with Crippen LogP contribution in [0.1, 0.15) is 12.5 Å². The molecule has 122 valence electrons. The van der Waals surface area contributed by atoms with Crippen molar-refractivity contribution in [2.45, 2.75) is 13.5 Å². The molecule has 4 heteroatoms. The molecule has 1 aromatic rings. The molecule has 3 nitrogen and oxygen atoms in total. The Bertz CT molecular complexity index is 614. The molecular formula is C19H23ClN2O. The highest BCUT2D eigenvalue weighted by Crippen LogP contribution is 2.14. The number of rotatable bonds is 6. The summed E-state index contributed by atoms with van der Waals surface area (Å²) in [6.07, 6.45) is 7.37. The molecule has 0 aliphatic carbocycles. The first kappa shape index (κ1) is 17.5. The Labute approximate surface area is 143 Å². The molecule has 0 saturated carbocycles. The summed E-state index contributed by atoms with van der Waals surface area (Å²) in [7, 11) is 0. The van der Waals surface area contributed by atoms with E-state index >= 15 is 0 Å². The lowest BCUT2D eigenvalue weighted by Gasteiger charge is -2.34. The first-order valence-corrected chi connectivity index (χ1v) is 8.19. The zero-order valence-electron chi connectivity index (χ0n) is 13.5. The summed E-state index contributed by atoms with van der Waals surface area (Å²) in [5.74, 6) is 0.0380. The van der Waals surface area contributed by atoms with Crippen molar-refractivity contribution in [1.82, 2.24) is 9.80 Å². The molecule has 1 aromatic carbocycles. The van der Waals surface area contributed by atoms with Gasteiger partial charge < -0.3 is 4.90 Å². The molecule has 2 rings (SSSR count). The molecule has 0 spiro atoms. The van der Waals surface area contributed by atoms with E-state index in [4.69, 9.17) is 11.6 Å². The lowest BCUT2D eigenvalue weighted by molar-refractivity contribution is -0.113. The molecule has 0 bridgehead atoms. The minimum Gasteiger partial charge on any atom is -0.375 e. The number of halogens is 1. The third-order valence-electron chi connectivity index (χ3n) is 3.90. The molecule has 1 fully saturated rings. The number of benzene rings is 1. The summed E-state index contributed by atoms with van der Waals surface area (Å²) >= 11 is 6.03. The van der Waals surface area contributed by atoms with Gasteiger partial charge in [-0.05, 0) is 36.9 Å². The predicted octanol–water partition coefficient (Wildman–Crippen LogP) is 3.67. The van der Waals surface area contributed by atoms with Gasteiger partial charge in [-0.1, -0.05) is 42.5 Å². The fourth-order valence-electron chi connectivity index (χ4n) is 2.56. The Morgan fingerprint density at radius 1 is 1.30 bits per heavy atom. The van der Waals surface area contributed by atoms with Gasteiger partial charge in [-0.15, -0.1) is 0 Å². The number of carbonyl (C=O) groups excluding carboxylic acids is 1. The summed E-state index contributed by atoms with van der Waals surface area (Å²) in [6, 6.07) is 8.04. The number of ketones is 1. The zero-order chi connectivity index (χ0) is 16.7. The van der Waals surface area contributed by atoms with Crippen molar-refractivity contribution in [3.63, 3.8) is 0 Å². The lowest BCUT2D eigenvalue weighted by Crippen LogP contribution is -2.43. The molecule has 1 aliphatic heterocycles. The van der Waals surface area contributed by atoms with Crippen molar-refractivity contribution >= 4 is 17.4 Å². The quantitative estimate of drug-likeness (QED) is 0.587. The molecule has 0 aromatic heterocycles. The Morgan fingerprint density at radius 2 is 2.04 bits per heavy atom. The monoisotopic (exact) mass is 330 g/mol. The van der Waals surface area contributed by atoms with Crippen LogP contribution in [0.25, 0.3) is 0 Å². The van der Waals surface area contributed by atoms with Gasteiger partial charge in [0.15, 0.2) is 5.78 Å². The second kappa shape index (κ2) is 8.70. The smallest absolute Gasteiger partial charge is 0.159 e. The molecule has 0 amide bonds. The molecule has 0 radical (unpaired) electrons. The van der Waals surface area contributed by atoms with E-state index in [-0.39, 0.29) is 5.78 Å². The van der Waals surface area contributed by atoms with Crippen molar-refractivity contribution < 1.29 is 4.79 Å². The molecule has 0 unspecified atom stereocenters. The lowest BCUT2D eigenvalue weighted by atomic mass is 10.2. The van der Waals surface area contributed by atoms with E-state index in [2.05, 4.69) is 22.4 Å². The minimum atomic E-state index is 0.0380. The average Bonchev–Trinajstić information content (AvgIpc) is 2.53. The molecule has 1 saturated heterocycles. The van der Waals surface area contributed by atoms with Gasteiger partial charge in [0, 0.05) is 43.3 Å². The van der Waals surface area contributed by atoms with E-state index in [1.165, 1.54) is 5.56 Å². The number of carbonyl (C=O) groups is 1. The van der Waals surface area contributed by atoms with Gasteiger partial charge in [0.05, 0.1) is 0 Å². The van der Waals surface area contributed by atoms with E-state index < -0.39 is 0 Å². The van der Waals surface area contributed by atoms with Gasteiger partial charge in [-0.25, -0.2) is 0 Å². The number of nitrogens with zero attached hydrogens (tertiary/aromatic N) is 2. The number of allylic oxidation sites excluding steroid dienone is 4. The molecule has 1 heterocycles. The third kappa shape index (κ3) is 5.70. The van der Waals surface area contributed by atoms with E-state index in [0.29, 0.717) is 5.57 Å². The Kier molecular flexibility index (Phi) is 6.63. The fraction of sp³-hybridized carbons (Fsp3) is 0.316. The SMILES string of the molecule is C=C/C(=C\C=C\N1CCN(Cc2cccc(Cl)c2)CC1)C(C)=O. The normalized spacial score (nSPS) is 16.8. The average molecular weight is 331 g/mol. The Balaban J connectivity index is 1.82. The second-order valence-corrected chi connectivity index (χ2v) is 6.10. The van der Waals surface area contributed by atoms with Crippen LogP contribution in [0.3, 0.4) is 0 Å². The highest BCUT2D eigenvalue weighted by molar-refractivity contribution is 6.30. The van der Waals surface area contributed by atoms with Crippen LogP contribution < -0.4 is 0 Å². The van der Waals surface area contributed by atoms with Crippen LogP contribution in [0.2, 0.25) is 5.02 Å². The van der Waals surface area contributed by atoms with Gasteiger partial charge in [0.25, 0.3) is 0 Å². The van der Waals surface area contributed by atoms with Crippen LogP contribution in [0.4, 0.5) is 0 Å². The van der Waals surface area contributed by atoms with Gasteiger partial charge >= 0.3 is 0 Å². The standard InChI is InChI=1S/C19H23ClN2O/c1-3-18(16(2)23)7-5-9-21-10-12-22(13-11-21)15-17-6-4-8-19(20)14-17/h3-9,14H,1,10-13,15H2,2H3/b9-5+,18-7+. The van der Waals surface area contributed by atoms with E-state index in [1.807, 2.05) is 36.6 Å². The number of hydrogen-bond donors (Lipinski definition) is 0. The number of Topliss-reactive ketones (excluding diaryl/α,β-unsaturated/α-hetero) is 1. The van der Waals surface area contributed by atoms with Crippen LogP contribution in [-0.2, 0) is 11.3 Å². The van der Waals surface area contributed by atoms with Crippen LogP contribution in [-0.4, -0.2) is 41.8 Å². The Hall–Kier alpha value is -1.84. The van der Waals surface area contributed by atoms with Gasteiger partial charge in [-0.2, -0.15) is 0 Å². The summed E-state index contributed by atoms with van der Waals surface area (Å²) in [6.45, 7) is 10.1. The van der Waals surface area contributed by atoms with Crippen LogP contribution in [0, 0.1) is 0 Å².